The molecule has 164 valence electrons. The van der Waals surface area contributed by atoms with Crippen molar-refractivity contribution in [2.45, 2.75) is 79.1 Å². The van der Waals surface area contributed by atoms with Crippen LogP contribution in [0.4, 0.5) is 0 Å². The maximum atomic E-state index is 5.90. The number of rotatable bonds is 17. The Balaban J connectivity index is 4.76. The van der Waals surface area contributed by atoms with Gasteiger partial charge in [0.05, 0.1) is 0 Å². The van der Waals surface area contributed by atoms with E-state index >= 15 is 0 Å². The predicted octanol–water partition coefficient (Wildman–Crippen LogP) is 8.33. The van der Waals surface area contributed by atoms with Crippen LogP contribution in [-0.4, -0.2) is 6.54 Å². The molecular formula is C28H47N. The molecule has 0 fully saturated rings. The Morgan fingerprint density at radius 1 is 1.00 bits per heavy atom. The molecule has 0 aliphatic carbocycles. The van der Waals surface area contributed by atoms with E-state index < -0.39 is 0 Å². The molecule has 0 aliphatic heterocycles. The summed E-state index contributed by atoms with van der Waals surface area (Å²) in [7, 11) is 0. The zero-order chi connectivity index (χ0) is 22.1. The zero-order valence-corrected chi connectivity index (χ0v) is 19.8. The average molecular weight is 398 g/mol. The van der Waals surface area contributed by atoms with Gasteiger partial charge in [-0.1, -0.05) is 81.4 Å². The van der Waals surface area contributed by atoms with E-state index in [2.05, 4.69) is 71.7 Å². The molecule has 1 heteroatoms. The Kier molecular flexibility index (Phi) is 16.3. The molecule has 0 amide bonds. The van der Waals surface area contributed by atoms with Crippen molar-refractivity contribution in [1.82, 2.24) is 0 Å². The Morgan fingerprint density at radius 2 is 1.62 bits per heavy atom. The highest BCUT2D eigenvalue weighted by Crippen LogP contribution is 2.24. The van der Waals surface area contributed by atoms with Crippen LogP contribution in [0.25, 0.3) is 0 Å². The topological polar surface area (TPSA) is 26.0 Å². The smallest absolute Gasteiger partial charge is 0.00458 e. The highest BCUT2D eigenvalue weighted by Gasteiger charge is 2.10. The maximum Gasteiger partial charge on any atom is -0.00458 e. The SMILES string of the molecule is C=CCC(CC)CCC(=C)/C(C)=C/C=C\C(C)/C(=C\CC)CCC(CN)CC=C. The molecule has 0 radical (unpaired) electrons. The molecule has 0 saturated carbocycles. The van der Waals surface area contributed by atoms with Gasteiger partial charge >= 0.3 is 0 Å². The molecule has 1 nitrogen and oxygen atoms in total. The lowest BCUT2D eigenvalue weighted by Gasteiger charge is -2.17. The van der Waals surface area contributed by atoms with Crippen LogP contribution in [-0.2, 0) is 0 Å². The second kappa shape index (κ2) is 17.3. The lowest BCUT2D eigenvalue weighted by Crippen LogP contribution is -2.14. The van der Waals surface area contributed by atoms with E-state index in [4.69, 9.17) is 5.73 Å². The monoisotopic (exact) mass is 397 g/mol. The van der Waals surface area contributed by atoms with E-state index in [-0.39, 0.29) is 0 Å². The summed E-state index contributed by atoms with van der Waals surface area (Å²) in [6, 6.07) is 0. The van der Waals surface area contributed by atoms with E-state index in [0.29, 0.717) is 11.8 Å². The van der Waals surface area contributed by atoms with Crippen molar-refractivity contribution in [3.8, 4) is 0 Å². The minimum absolute atomic E-state index is 0.450. The van der Waals surface area contributed by atoms with Crippen molar-refractivity contribution < 1.29 is 0 Å². The first-order chi connectivity index (χ1) is 13.9. The standard InChI is InChI=1S/C28H47N/c1-8-13-26(11-4)19-18-24(6)23(5)16-12-17-25(7)28(15-10-3)21-20-27(22-29)14-9-2/h8-9,12,15-17,25-27H,1-2,6,10-11,13-14,18-22,29H2,3-5,7H3/b17-12-,23-16+,28-15-. The average Bonchev–Trinajstić information content (AvgIpc) is 2.72. The molecule has 0 bridgehead atoms. The first-order valence-electron chi connectivity index (χ1n) is 11.6. The third kappa shape index (κ3) is 12.5. The van der Waals surface area contributed by atoms with Crippen LogP contribution in [0.3, 0.4) is 0 Å². The van der Waals surface area contributed by atoms with Crippen LogP contribution < -0.4 is 5.73 Å². The Hall–Kier alpha value is -1.60. The first-order valence-corrected chi connectivity index (χ1v) is 11.6. The van der Waals surface area contributed by atoms with Crippen LogP contribution in [0.5, 0.6) is 0 Å². The summed E-state index contributed by atoms with van der Waals surface area (Å²) in [5.41, 5.74) is 9.97. The second-order valence-electron chi connectivity index (χ2n) is 8.32. The Bertz CT molecular complexity index is 561. The van der Waals surface area contributed by atoms with Gasteiger partial charge in [-0.15, -0.1) is 13.2 Å². The highest BCUT2D eigenvalue weighted by molar-refractivity contribution is 5.30. The molecule has 2 N–H and O–H groups in total. The number of hydrogen-bond donors (Lipinski definition) is 1. The number of allylic oxidation sites excluding steroid dienone is 9. The van der Waals surface area contributed by atoms with Gasteiger partial charge < -0.3 is 5.73 Å². The summed E-state index contributed by atoms with van der Waals surface area (Å²) in [6.07, 6.45) is 22.1. The van der Waals surface area contributed by atoms with E-state index in [1.165, 1.54) is 29.6 Å². The van der Waals surface area contributed by atoms with Gasteiger partial charge in [0.25, 0.3) is 0 Å². The van der Waals surface area contributed by atoms with E-state index in [1.54, 1.807) is 0 Å². The van der Waals surface area contributed by atoms with Crippen molar-refractivity contribution in [3.05, 3.63) is 72.9 Å². The molecule has 0 saturated heterocycles. The predicted molar refractivity (Wildman–Crippen MR) is 134 cm³/mol. The normalized spacial score (nSPS) is 15.9. The van der Waals surface area contributed by atoms with Crippen LogP contribution >= 0.6 is 0 Å². The maximum absolute atomic E-state index is 5.90. The Morgan fingerprint density at radius 3 is 2.17 bits per heavy atom. The van der Waals surface area contributed by atoms with Gasteiger partial charge in [-0.25, -0.2) is 0 Å². The van der Waals surface area contributed by atoms with Gasteiger partial charge in [-0.3, -0.25) is 0 Å². The van der Waals surface area contributed by atoms with E-state index in [1.807, 2.05) is 12.2 Å². The van der Waals surface area contributed by atoms with Crippen molar-refractivity contribution in [3.63, 3.8) is 0 Å². The lowest BCUT2D eigenvalue weighted by atomic mass is 9.90. The number of nitrogens with two attached hydrogens (primary N) is 1. The van der Waals surface area contributed by atoms with Crippen LogP contribution in [0.15, 0.2) is 72.9 Å². The molecule has 0 aromatic rings. The van der Waals surface area contributed by atoms with Crippen LogP contribution in [0, 0.1) is 17.8 Å². The minimum Gasteiger partial charge on any atom is -0.330 e. The van der Waals surface area contributed by atoms with Crippen molar-refractivity contribution in [2.75, 3.05) is 6.54 Å². The van der Waals surface area contributed by atoms with Gasteiger partial charge in [0, 0.05) is 0 Å². The molecule has 3 unspecified atom stereocenters. The van der Waals surface area contributed by atoms with Gasteiger partial charge in [0.1, 0.15) is 0 Å². The third-order valence-corrected chi connectivity index (χ3v) is 5.96. The van der Waals surface area contributed by atoms with Crippen molar-refractivity contribution >= 4 is 0 Å². The molecular weight excluding hydrogens is 350 g/mol. The lowest BCUT2D eigenvalue weighted by molar-refractivity contribution is 0.477. The molecule has 29 heavy (non-hydrogen) atoms. The van der Waals surface area contributed by atoms with Crippen molar-refractivity contribution in [1.29, 1.82) is 0 Å². The fourth-order valence-corrected chi connectivity index (χ4v) is 3.62. The van der Waals surface area contributed by atoms with Gasteiger partial charge in [-0.2, -0.15) is 0 Å². The van der Waals surface area contributed by atoms with Crippen LogP contribution in [0.1, 0.15) is 79.1 Å². The number of hydrogen-bond acceptors (Lipinski definition) is 1. The largest absolute Gasteiger partial charge is 0.330 e. The summed E-state index contributed by atoms with van der Waals surface area (Å²) in [4.78, 5) is 0. The molecule has 0 aliphatic rings. The third-order valence-electron chi connectivity index (χ3n) is 5.96. The zero-order valence-electron chi connectivity index (χ0n) is 19.8. The van der Waals surface area contributed by atoms with Gasteiger partial charge in [0.15, 0.2) is 0 Å². The summed E-state index contributed by atoms with van der Waals surface area (Å²) >= 11 is 0. The van der Waals surface area contributed by atoms with Gasteiger partial charge in [0.2, 0.25) is 0 Å². The molecule has 0 heterocycles. The molecule has 3 atom stereocenters. The van der Waals surface area contributed by atoms with E-state index in [0.717, 1.165) is 51.0 Å². The summed E-state index contributed by atoms with van der Waals surface area (Å²) in [5, 5.41) is 0. The quantitative estimate of drug-likeness (QED) is 0.194. The highest BCUT2D eigenvalue weighted by atomic mass is 14.5. The first kappa shape index (κ1) is 27.4. The summed E-state index contributed by atoms with van der Waals surface area (Å²) in [5.74, 6) is 1.72. The van der Waals surface area contributed by atoms with Crippen molar-refractivity contribution in [2.24, 2.45) is 23.5 Å². The minimum atomic E-state index is 0.450. The Labute approximate surface area is 182 Å². The van der Waals surface area contributed by atoms with Gasteiger partial charge in [-0.05, 0) is 81.7 Å². The molecule has 0 spiro atoms. The molecule has 0 rings (SSSR count). The fourth-order valence-electron chi connectivity index (χ4n) is 3.62. The summed E-state index contributed by atoms with van der Waals surface area (Å²) in [6.45, 7) is 21.7. The van der Waals surface area contributed by atoms with E-state index in [9.17, 15) is 0 Å². The summed E-state index contributed by atoms with van der Waals surface area (Å²) < 4.78 is 0. The van der Waals surface area contributed by atoms with Crippen LogP contribution in [0.2, 0.25) is 0 Å². The molecule has 0 aromatic heterocycles. The molecule has 0 aromatic carbocycles. The fraction of sp³-hybridized carbons (Fsp3) is 0.571. The second-order valence-corrected chi connectivity index (χ2v) is 8.32.